The van der Waals surface area contributed by atoms with Gasteiger partial charge in [-0.05, 0) is 49.1 Å². The Kier molecular flexibility index (Phi) is 5.34. The van der Waals surface area contributed by atoms with Gasteiger partial charge in [-0.15, -0.1) is 0 Å². The maximum absolute atomic E-state index is 13.8. The summed E-state index contributed by atoms with van der Waals surface area (Å²) < 4.78 is 65.0. The van der Waals surface area contributed by atoms with Gasteiger partial charge in [0.25, 0.3) is 0 Å². The topological polar surface area (TPSA) is 32.3 Å². The first-order valence-electron chi connectivity index (χ1n) is 8.45. The third-order valence-electron chi connectivity index (χ3n) is 4.56. The molecule has 8 heteroatoms. The molecule has 1 saturated heterocycles. The summed E-state index contributed by atoms with van der Waals surface area (Å²) in [4.78, 5) is 14.1. The van der Waals surface area contributed by atoms with Crippen LogP contribution in [0.25, 0.3) is 0 Å². The van der Waals surface area contributed by atoms with Crippen LogP contribution in [0, 0.1) is 11.6 Å². The average molecular weight is 384 g/mol. The molecule has 0 bridgehead atoms. The highest BCUT2D eigenvalue weighted by atomic mass is 19.4. The number of benzene rings is 2. The van der Waals surface area contributed by atoms with Gasteiger partial charge in [0.05, 0.1) is 17.3 Å². The van der Waals surface area contributed by atoms with E-state index in [0.29, 0.717) is 24.6 Å². The molecule has 1 heterocycles. The molecular weight excluding hydrogens is 367 g/mol. The predicted octanol–water partition coefficient (Wildman–Crippen LogP) is 5.74. The molecule has 0 spiro atoms. The third-order valence-corrected chi connectivity index (χ3v) is 4.56. The fourth-order valence-electron chi connectivity index (χ4n) is 3.19. The van der Waals surface area contributed by atoms with E-state index in [2.05, 4.69) is 5.32 Å². The Morgan fingerprint density at radius 1 is 1.04 bits per heavy atom. The van der Waals surface area contributed by atoms with Gasteiger partial charge in [0, 0.05) is 12.6 Å². The van der Waals surface area contributed by atoms with Gasteiger partial charge in [-0.25, -0.2) is 13.6 Å². The number of piperidine rings is 1. The lowest BCUT2D eigenvalue weighted by Crippen LogP contribution is -2.41. The molecular formula is C19H17F5N2O. The van der Waals surface area contributed by atoms with Gasteiger partial charge in [-0.2, -0.15) is 13.2 Å². The van der Waals surface area contributed by atoms with Gasteiger partial charge in [-0.1, -0.05) is 12.1 Å². The first kappa shape index (κ1) is 19.1. The van der Waals surface area contributed by atoms with E-state index >= 15 is 0 Å². The number of rotatable bonds is 2. The predicted molar refractivity (Wildman–Crippen MR) is 90.1 cm³/mol. The van der Waals surface area contributed by atoms with Crippen LogP contribution in [-0.2, 0) is 6.18 Å². The Morgan fingerprint density at radius 2 is 1.74 bits per heavy atom. The van der Waals surface area contributed by atoms with Gasteiger partial charge < -0.3 is 10.2 Å². The van der Waals surface area contributed by atoms with Crippen molar-refractivity contribution in [2.24, 2.45) is 0 Å². The highest BCUT2D eigenvalue weighted by Crippen LogP contribution is 2.34. The van der Waals surface area contributed by atoms with Crippen LogP contribution in [0.2, 0.25) is 0 Å². The number of halogens is 5. The quantitative estimate of drug-likeness (QED) is 0.658. The van der Waals surface area contributed by atoms with E-state index in [1.807, 2.05) is 0 Å². The monoisotopic (exact) mass is 384 g/mol. The number of urea groups is 1. The minimum absolute atomic E-state index is 0.154. The molecule has 0 radical (unpaired) electrons. The molecule has 1 aliphatic rings. The van der Waals surface area contributed by atoms with Crippen molar-refractivity contribution in [3.05, 3.63) is 65.2 Å². The Bertz CT molecular complexity index is 820. The number of carbonyl (C=O) groups is 1. The van der Waals surface area contributed by atoms with Crippen LogP contribution >= 0.6 is 0 Å². The number of hydrogen-bond donors (Lipinski definition) is 1. The van der Waals surface area contributed by atoms with E-state index < -0.39 is 35.4 Å². The highest BCUT2D eigenvalue weighted by molar-refractivity contribution is 5.89. The second kappa shape index (κ2) is 7.54. The molecule has 0 aliphatic carbocycles. The number of alkyl halides is 3. The number of nitrogens with one attached hydrogen (secondary N) is 1. The molecule has 3 nitrogen and oxygen atoms in total. The molecule has 144 valence electrons. The van der Waals surface area contributed by atoms with Crippen molar-refractivity contribution in [1.82, 2.24) is 4.90 Å². The number of carbonyl (C=O) groups excluding carboxylic acids is 1. The molecule has 1 aliphatic heterocycles. The summed E-state index contributed by atoms with van der Waals surface area (Å²) >= 11 is 0. The largest absolute Gasteiger partial charge is 0.416 e. The average Bonchev–Trinajstić information content (AvgIpc) is 2.63. The van der Waals surface area contributed by atoms with Crippen molar-refractivity contribution in [3.8, 4) is 0 Å². The molecule has 2 aromatic carbocycles. The highest BCUT2D eigenvalue weighted by Gasteiger charge is 2.32. The normalized spacial score (nSPS) is 17.7. The molecule has 1 unspecified atom stereocenters. The second-order valence-electron chi connectivity index (χ2n) is 6.38. The van der Waals surface area contributed by atoms with E-state index in [1.54, 1.807) is 0 Å². The van der Waals surface area contributed by atoms with Gasteiger partial charge in [0.15, 0.2) is 0 Å². The summed E-state index contributed by atoms with van der Waals surface area (Å²) in [6, 6.07) is 6.52. The Balaban J connectivity index is 1.79. The Hall–Kier alpha value is -2.64. The molecule has 1 atom stereocenters. The lowest BCUT2D eigenvalue weighted by molar-refractivity contribution is -0.137. The SMILES string of the molecule is O=C(Nc1ccc(F)cc1F)N1CCCCC1c1ccc(C(F)(F)F)cc1. The summed E-state index contributed by atoms with van der Waals surface area (Å²) in [6.45, 7) is 0.389. The van der Waals surface area contributed by atoms with Gasteiger partial charge in [-0.3, -0.25) is 0 Å². The summed E-state index contributed by atoms with van der Waals surface area (Å²) in [5.41, 5.74) is -0.331. The maximum atomic E-state index is 13.8. The zero-order chi connectivity index (χ0) is 19.6. The molecule has 1 N–H and O–H groups in total. The second-order valence-corrected chi connectivity index (χ2v) is 6.38. The number of amides is 2. The lowest BCUT2D eigenvalue weighted by Gasteiger charge is -2.36. The molecule has 27 heavy (non-hydrogen) atoms. The van der Waals surface area contributed by atoms with Gasteiger partial charge in [0.1, 0.15) is 11.6 Å². The van der Waals surface area contributed by atoms with E-state index in [-0.39, 0.29) is 5.69 Å². The number of anilines is 1. The van der Waals surface area contributed by atoms with Crippen molar-refractivity contribution in [2.75, 3.05) is 11.9 Å². The van der Waals surface area contributed by atoms with Crippen molar-refractivity contribution < 1.29 is 26.7 Å². The summed E-state index contributed by atoms with van der Waals surface area (Å²) in [7, 11) is 0. The van der Waals surface area contributed by atoms with Gasteiger partial charge >= 0.3 is 12.2 Å². The van der Waals surface area contributed by atoms with Crippen molar-refractivity contribution in [2.45, 2.75) is 31.5 Å². The fraction of sp³-hybridized carbons (Fsp3) is 0.316. The lowest BCUT2D eigenvalue weighted by atomic mass is 9.95. The van der Waals surface area contributed by atoms with Crippen molar-refractivity contribution >= 4 is 11.7 Å². The Labute approximate surface area is 152 Å². The van der Waals surface area contributed by atoms with Crippen LogP contribution in [0.15, 0.2) is 42.5 Å². The Morgan fingerprint density at radius 3 is 2.37 bits per heavy atom. The van der Waals surface area contributed by atoms with E-state index in [1.165, 1.54) is 17.0 Å². The fourth-order valence-corrected chi connectivity index (χ4v) is 3.19. The molecule has 3 rings (SSSR count). The maximum Gasteiger partial charge on any atom is 0.416 e. The van der Waals surface area contributed by atoms with Gasteiger partial charge in [0.2, 0.25) is 0 Å². The van der Waals surface area contributed by atoms with Crippen LogP contribution in [0.4, 0.5) is 32.4 Å². The molecule has 1 fully saturated rings. The smallest absolute Gasteiger partial charge is 0.317 e. The van der Waals surface area contributed by atoms with Crippen LogP contribution in [-0.4, -0.2) is 17.5 Å². The minimum Gasteiger partial charge on any atom is -0.317 e. The molecule has 0 aromatic heterocycles. The number of nitrogens with zero attached hydrogens (tertiary/aromatic N) is 1. The summed E-state index contributed by atoms with van der Waals surface area (Å²) in [5, 5.41) is 2.41. The summed E-state index contributed by atoms with van der Waals surface area (Å²) in [5.74, 6) is -1.66. The van der Waals surface area contributed by atoms with Crippen molar-refractivity contribution in [3.63, 3.8) is 0 Å². The van der Waals surface area contributed by atoms with Crippen LogP contribution in [0.1, 0.15) is 36.4 Å². The van der Waals surface area contributed by atoms with E-state index in [4.69, 9.17) is 0 Å². The van der Waals surface area contributed by atoms with Crippen LogP contribution < -0.4 is 5.32 Å². The first-order valence-corrected chi connectivity index (χ1v) is 8.45. The molecule has 2 amide bonds. The summed E-state index contributed by atoms with van der Waals surface area (Å²) in [6.07, 6.45) is -2.29. The van der Waals surface area contributed by atoms with Crippen molar-refractivity contribution in [1.29, 1.82) is 0 Å². The van der Waals surface area contributed by atoms with Crippen LogP contribution in [0.5, 0.6) is 0 Å². The number of likely N-dealkylation sites (tertiary alicyclic amines) is 1. The molecule has 0 saturated carbocycles. The zero-order valence-electron chi connectivity index (χ0n) is 14.2. The van der Waals surface area contributed by atoms with Crippen LogP contribution in [0.3, 0.4) is 0 Å². The zero-order valence-corrected chi connectivity index (χ0v) is 14.2. The first-order chi connectivity index (χ1) is 12.8. The van der Waals surface area contributed by atoms with E-state index in [0.717, 1.165) is 37.1 Å². The number of hydrogen-bond acceptors (Lipinski definition) is 1. The molecule has 2 aromatic rings. The standard InChI is InChI=1S/C19H17F5N2O/c20-14-8-9-16(15(21)11-14)25-18(27)26-10-2-1-3-17(26)12-4-6-13(7-5-12)19(22,23)24/h4-9,11,17H,1-3,10H2,(H,25,27). The van der Waals surface area contributed by atoms with E-state index in [9.17, 15) is 26.7 Å². The third kappa shape index (κ3) is 4.37. The minimum atomic E-state index is -4.43.